The third-order valence-electron chi connectivity index (χ3n) is 4.74. The number of amides is 1. The molecule has 0 spiro atoms. The molecule has 2 aliphatic rings. The van der Waals surface area contributed by atoms with E-state index in [1.807, 2.05) is 0 Å². The Morgan fingerprint density at radius 3 is 2.52 bits per heavy atom. The average molecular weight is 370 g/mol. The van der Waals surface area contributed by atoms with Crippen molar-refractivity contribution in [3.8, 4) is 11.5 Å². The molecule has 25 heavy (non-hydrogen) atoms. The number of piperazine rings is 1. The number of rotatable bonds is 5. The van der Waals surface area contributed by atoms with E-state index in [0.717, 1.165) is 0 Å². The summed E-state index contributed by atoms with van der Waals surface area (Å²) in [6.45, 7) is 0.570. The van der Waals surface area contributed by atoms with Crippen molar-refractivity contribution in [1.29, 1.82) is 0 Å². The Labute approximate surface area is 147 Å². The van der Waals surface area contributed by atoms with Gasteiger partial charge in [-0.1, -0.05) is 0 Å². The third kappa shape index (κ3) is 3.19. The molecular formula is C16H22N2O6S. The molecule has 2 heterocycles. The average Bonchev–Trinajstić information content (AvgIpc) is 3.05. The number of hydrogen-bond acceptors (Lipinski definition) is 6. The second-order valence-electron chi connectivity index (χ2n) is 6.11. The molecular weight excluding hydrogens is 348 g/mol. The third-order valence-corrected chi connectivity index (χ3v) is 6.58. The molecule has 2 saturated heterocycles. The molecule has 1 amide bonds. The van der Waals surface area contributed by atoms with E-state index in [1.54, 1.807) is 24.1 Å². The van der Waals surface area contributed by atoms with Crippen LogP contribution in [-0.2, 0) is 19.6 Å². The zero-order chi connectivity index (χ0) is 18.2. The SMILES string of the molecule is COc1ccc(OC)c(S(=O)(=O)N2CC(=O)N3C[C@@H](OC)C[C@H]3C2)c1. The minimum atomic E-state index is -3.89. The number of methoxy groups -OCH3 is 3. The molecule has 0 aliphatic carbocycles. The molecule has 138 valence electrons. The molecule has 2 fully saturated rings. The predicted molar refractivity (Wildman–Crippen MR) is 89.2 cm³/mol. The van der Waals surface area contributed by atoms with Crippen LogP contribution < -0.4 is 9.47 Å². The van der Waals surface area contributed by atoms with Gasteiger partial charge in [-0.05, 0) is 18.6 Å². The minimum Gasteiger partial charge on any atom is -0.497 e. The lowest BCUT2D eigenvalue weighted by Crippen LogP contribution is -2.55. The van der Waals surface area contributed by atoms with Gasteiger partial charge in [0.15, 0.2) is 0 Å². The number of benzene rings is 1. The van der Waals surface area contributed by atoms with Crippen molar-refractivity contribution in [3.63, 3.8) is 0 Å². The zero-order valence-corrected chi connectivity index (χ0v) is 15.3. The summed E-state index contributed by atoms with van der Waals surface area (Å²) in [6, 6.07) is 4.41. The maximum Gasteiger partial charge on any atom is 0.247 e. The number of ether oxygens (including phenoxy) is 3. The lowest BCUT2D eigenvalue weighted by molar-refractivity contribution is -0.135. The Morgan fingerprint density at radius 1 is 1.12 bits per heavy atom. The fourth-order valence-electron chi connectivity index (χ4n) is 3.37. The second kappa shape index (κ2) is 6.81. The Kier molecular flexibility index (Phi) is 4.90. The van der Waals surface area contributed by atoms with E-state index in [4.69, 9.17) is 14.2 Å². The van der Waals surface area contributed by atoms with Crippen LogP contribution in [0.2, 0.25) is 0 Å². The molecule has 1 aromatic rings. The van der Waals surface area contributed by atoms with Crippen LogP contribution in [0.1, 0.15) is 6.42 Å². The molecule has 0 aromatic heterocycles. The standard InChI is InChI=1S/C16H22N2O6S/c1-22-12-4-5-14(24-3)15(7-12)25(20,21)17-8-11-6-13(23-2)9-18(11)16(19)10-17/h4-5,7,11,13H,6,8-10H2,1-3H3/t11-,13-/m0/s1. The minimum absolute atomic E-state index is 0.00288. The number of nitrogens with zero attached hydrogens (tertiary/aromatic N) is 2. The Hall–Kier alpha value is -1.84. The van der Waals surface area contributed by atoms with E-state index < -0.39 is 10.0 Å². The first-order valence-electron chi connectivity index (χ1n) is 7.95. The first-order valence-corrected chi connectivity index (χ1v) is 9.39. The highest BCUT2D eigenvalue weighted by Crippen LogP contribution is 2.33. The van der Waals surface area contributed by atoms with Gasteiger partial charge in [0.25, 0.3) is 0 Å². The van der Waals surface area contributed by atoms with Gasteiger partial charge < -0.3 is 19.1 Å². The maximum atomic E-state index is 13.1. The van der Waals surface area contributed by atoms with Gasteiger partial charge in [-0.15, -0.1) is 0 Å². The van der Waals surface area contributed by atoms with Crippen molar-refractivity contribution in [1.82, 2.24) is 9.21 Å². The monoisotopic (exact) mass is 370 g/mol. The topological polar surface area (TPSA) is 85.4 Å². The number of carbonyl (C=O) groups excluding carboxylic acids is 1. The van der Waals surface area contributed by atoms with E-state index >= 15 is 0 Å². The van der Waals surface area contributed by atoms with Crippen LogP contribution in [0.4, 0.5) is 0 Å². The summed E-state index contributed by atoms with van der Waals surface area (Å²) >= 11 is 0. The largest absolute Gasteiger partial charge is 0.497 e. The van der Waals surface area contributed by atoms with E-state index in [9.17, 15) is 13.2 Å². The summed E-state index contributed by atoms with van der Waals surface area (Å²) in [4.78, 5) is 14.1. The van der Waals surface area contributed by atoms with Crippen molar-refractivity contribution < 1.29 is 27.4 Å². The van der Waals surface area contributed by atoms with Gasteiger partial charge in [-0.3, -0.25) is 4.79 Å². The molecule has 1 aromatic carbocycles. The van der Waals surface area contributed by atoms with Crippen LogP contribution in [0.25, 0.3) is 0 Å². The summed E-state index contributed by atoms with van der Waals surface area (Å²) in [6.07, 6.45) is 0.576. The highest BCUT2D eigenvalue weighted by Gasteiger charge is 2.44. The van der Waals surface area contributed by atoms with Gasteiger partial charge in [0, 0.05) is 32.3 Å². The quantitative estimate of drug-likeness (QED) is 0.742. The normalized spacial score (nSPS) is 24.3. The Balaban J connectivity index is 1.92. The molecule has 0 unspecified atom stereocenters. The van der Waals surface area contributed by atoms with Crippen LogP contribution in [0.5, 0.6) is 11.5 Å². The number of hydrogen-bond donors (Lipinski definition) is 0. The number of fused-ring (bicyclic) bond motifs is 1. The Bertz CT molecular complexity index is 766. The maximum absolute atomic E-state index is 13.1. The summed E-state index contributed by atoms with van der Waals surface area (Å²) in [7, 11) is 0.576. The van der Waals surface area contributed by atoms with Crippen LogP contribution in [0.15, 0.2) is 23.1 Å². The Morgan fingerprint density at radius 2 is 1.88 bits per heavy atom. The van der Waals surface area contributed by atoms with Crippen LogP contribution in [0.3, 0.4) is 0 Å². The lowest BCUT2D eigenvalue weighted by atomic mass is 10.2. The van der Waals surface area contributed by atoms with Crippen LogP contribution in [-0.4, -0.2) is 76.6 Å². The van der Waals surface area contributed by atoms with Crippen molar-refractivity contribution in [3.05, 3.63) is 18.2 Å². The van der Waals surface area contributed by atoms with Gasteiger partial charge in [0.05, 0.1) is 26.9 Å². The van der Waals surface area contributed by atoms with Crippen molar-refractivity contribution in [2.24, 2.45) is 0 Å². The van der Waals surface area contributed by atoms with Crippen molar-refractivity contribution in [2.45, 2.75) is 23.5 Å². The summed E-state index contributed by atoms with van der Waals surface area (Å²) < 4.78 is 43.1. The van der Waals surface area contributed by atoms with Gasteiger partial charge >= 0.3 is 0 Å². The van der Waals surface area contributed by atoms with E-state index in [0.29, 0.717) is 18.7 Å². The second-order valence-corrected chi connectivity index (χ2v) is 8.01. The highest BCUT2D eigenvalue weighted by molar-refractivity contribution is 7.89. The molecule has 0 bridgehead atoms. The molecule has 9 heteroatoms. The predicted octanol–water partition coefficient (Wildman–Crippen LogP) is 0.324. The molecule has 0 N–H and O–H groups in total. The van der Waals surface area contributed by atoms with Gasteiger partial charge in [-0.25, -0.2) is 8.42 Å². The molecule has 0 saturated carbocycles. The molecule has 3 rings (SSSR count). The number of carbonyl (C=O) groups is 1. The van der Waals surface area contributed by atoms with Crippen LogP contribution >= 0.6 is 0 Å². The molecule has 2 aliphatic heterocycles. The molecule has 0 radical (unpaired) electrons. The van der Waals surface area contributed by atoms with Gasteiger partial charge in [0.1, 0.15) is 16.4 Å². The highest BCUT2D eigenvalue weighted by atomic mass is 32.2. The summed E-state index contributed by atoms with van der Waals surface area (Å²) in [5, 5.41) is 0. The van der Waals surface area contributed by atoms with E-state index in [-0.39, 0.29) is 41.8 Å². The van der Waals surface area contributed by atoms with Gasteiger partial charge in [-0.2, -0.15) is 4.31 Å². The van der Waals surface area contributed by atoms with E-state index in [1.165, 1.54) is 24.6 Å². The fourth-order valence-corrected chi connectivity index (χ4v) is 4.97. The zero-order valence-electron chi connectivity index (χ0n) is 14.5. The fraction of sp³-hybridized carbons (Fsp3) is 0.562. The first kappa shape index (κ1) is 18.0. The van der Waals surface area contributed by atoms with Crippen molar-refractivity contribution in [2.75, 3.05) is 41.0 Å². The first-order chi connectivity index (χ1) is 11.9. The summed E-state index contributed by atoms with van der Waals surface area (Å²) in [5.41, 5.74) is 0. The van der Waals surface area contributed by atoms with E-state index in [2.05, 4.69) is 0 Å². The lowest BCUT2D eigenvalue weighted by Gasteiger charge is -2.36. The van der Waals surface area contributed by atoms with Crippen molar-refractivity contribution >= 4 is 15.9 Å². The number of sulfonamides is 1. The smallest absolute Gasteiger partial charge is 0.247 e. The molecule has 8 nitrogen and oxygen atoms in total. The van der Waals surface area contributed by atoms with Crippen LogP contribution in [0, 0.1) is 0 Å². The summed E-state index contributed by atoms with van der Waals surface area (Å²) in [5.74, 6) is 0.419. The van der Waals surface area contributed by atoms with Gasteiger partial charge in [0.2, 0.25) is 15.9 Å². The molecule has 2 atom stereocenters.